The topological polar surface area (TPSA) is 9.23 Å². The molecular weight excluding hydrogens is 460 g/mol. The Balaban J connectivity index is 0.00000280. The average molecular weight is 486 g/mol. The van der Waals surface area contributed by atoms with E-state index >= 15 is 0 Å². The molecule has 3 aromatic carbocycles. The predicted molar refractivity (Wildman–Crippen MR) is 130 cm³/mol. The van der Waals surface area contributed by atoms with Gasteiger partial charge in [-0.1, -0.05) is 115 Å². The van der Waals surface area contributed by atoms with E-state index in [1.807, 2.05) is 18.2 Å². The van der Waals surface area contributed by atoms with Gasteiger partial charge in [0.15, 0.2) is 0 Å². The van der Waals surface area contributed by atoms with Crippen LogP contribution in [0.25, 0.3) is 0 Å². The van der Waals surface area contributed by atoms with E-state index < -0.39 is 8.32 Å². The lowest BCUT2D eigenvalue weighted by Crippen LogP contribution is -2.66. The predicted octanol–water partition coefficient (Wildman–Crippen LogP) is 5.26. The monoisotopic (exact) mass is 484 g/mol. The summed E-state index contributed by atoms with van der Waals surface area (Å²) in [7, 11) is -2.54. The number of hydrogen-bond donors (Lipinski definition) is 0. The van der Waals surface area contributed by atoms with Gasteiger partial charge >= 0.3 is 23.1 Å². The summed E-state index contributed by atoms with van der Waals surface area (Å²) < 4.78 is 7.89. The number of rotatable bonds is 5. The van der Waals surface area contributed by atoms with Crippen LogP contribution in [-0.4, -0.2) is 31.4 Å². The Bertz CT molecular complexity index is 858. The van der Waals surface area contributed by atoms with Crippen LogP contribution >= 0.6 is 27.5 Å². The fourth-order valence-electron chi connectivity index (χ4n) is 3.59. The van der Waals surface area contributed by atoms with Crippen molar-refractivity contribution in [2.24, 2.45) is 0 Å². The molecule has 3 aromatic rings. The normalized spacial score (nSPS) is 11.8. The Morgan fingerprint density at radius 1 is 0.857 bits per heavy atom. The third-order valence-electron chi connectivity index (χ3n) is 4.88. The fraction of sp³-hybridized carbons (Fsp3) is 0.217. The van der Waals surface area contributed by atoms with Crippen molar-refractivity contribution in [3.8, 4) is 0 Å². The first-order valence-corrected chi connectivity index (χ1v) is 12.1. The van der Waals surface area contributed by atoms with Crippen molar-refractivity contribution in [2.75, 3.05) is 0 Å². The maximum atomic E-state index is 6.91. The smallest absolute Gasteiger partial charge is 0.316 e. The molecule has 0 saturated heterocycles. The van der Waals surface area contributed by atoms with Crippen molar-refractivity contribution in [1.29, 1.82) is 0 Å². The highest BCUT2D eigenvalue weighted by Gasteiger charge is 2.50. The molecule has 144 valence electrons. The van der Waals surface area contributed by atoms with Crippen LogP contribution in [0.3, 0.4) is 0 Å². The van der Waals surface area contributed by atoms with Crippen molar-refractivity contribution in [1.82, 2.24) is 0 Å². The Labute approximate surface area is 198 Å². The van der Waals surface area contributed by atoms with E-state index in [1.54, 1.807) is 0 Å². The summed E-state index contributed by atoms with van der Waals surface area (Å²) in [4.78, 5) is 0. The molecule has 0 aliphatic carbocycles. The Morgan fingerprint density at radius 2 is 1.36 bits per heavy atom. The molecule has 1 nitrogen and oxygen atoms in total. The maximum Gasteiger partial charge on any atom is 0.316 e. The van der Waals surface area contributed by atoms with E-state index in [0.717, 1.165) is 15.1 Å². The first-order chi connectivity index (χ1) is 12.8. The fourth-order valence-corrected chi connectivity index (χ4v) is 8.84. The number of hydrogen-bond acceptors (Lipinski definition) is 1. The number of halogens is 2. The second-order valence-electron chi connectivity index (χ2n) is 7.69. The molecule has 0 aliphatic rings. The molecular formula is C23H26BrClMgOSi. The molecule has 0 unspecified atom stereocenters. The first kappa shape index (κ1) is 23.7. The molecule has 0 aliphatic heterocycles. The summed E-state index contributed by atoms with van der Waals surface area (Å²) in [5.41, 5.74) is 1.01. The molecule has 0 bridgehead atoms. The highest BCUT2D eigenvalue weighted by atomic mass is 79.9. The van der Waals surface area contributed by atoms with Crippen LogP contribution in [0.5, 0.6) is 0 Å². The van der Waals surface area contributed by atoms with Gasteiger partial charge in [0, 0.05) is 9.50 Å². The van der Waals surface area contributed by atoms with E-state index in [9.17, 15) is 0 Å². The summed E-state index contributed by atoms with van der Waals surface area (Å²) in [5.74, 6) is 0. The molecule has 0 atom stereocenters. The lowest BCUT2D eigenvalue weighted by atomic mass is 10.2. The summed E-state index contributed by atoms with van der Waals surface area (Å²) >= 11 is 9.95. The SMILES string of the molecule is CC(C)(C)[Si](OCc1ccc(Br)cc1Cl)(c1ccccc1)c1ccccc1.[MgH2]. The molecule has 0 aromatic heterocycles. The minimum absolute atomic E-state index is 0. The molecule has 0 radical (unpaired) electrons. The van der Waals surface area contributed by atoms with Gasteiger partial charge in [0.25, 0.3) is 8.32 Å². The molecule has 28 heavy (non-hydrogen) atoms. The van der Waals surface area contributed by atoms with Crippen LogP contribution < -0.4 is 10.4 Å². The zero-order valence-corrected chi connectivity index (χ0v) is 19.2. The molecule has 0 fully saturated rings. The van der Waals surface area contributed by atoms with Gasteiger partial charge in [-0.2, -0.15) is 0 Å². The summed E-state index contributed by atoms with van der Waals surface area (Å²) in [6, 6.07) is 27.3. The third kappa shape index (κ3) is 4.92. The van der Waals surface area contributed by atoms with Gasteiger partial charge in [-0.05, 0) is 33.1 Å². The molecule has 0 spiro atoms. The van der Waals surface area contributed by atoms with Gasteiger partial charge in [0.1, 0.15) is 0 Å². The Morgan fingerprint density at radius 3 is 1.79 bits per heavy atom. The molecule has 0 N–H and O–H groups in total. The first-order valence-electron chi connectivity index (χ1n) is 9.03. The van der Waals surface area contributed by atoms with Crippen LogP contribution in [0.2, 0.25) is 10.1 Å². The lowest BCUT2D eigenvalue weighted by molar-refractivity contribution is 0.286. The second kappa shape index (κ2) is 9.92. The van der Waals surface area contributed by atoms with Gasteiger partial charge in [0.2, 0.25) is 0 Å². The lowest BCUT2D eigenvalue weighted by Gasteiger charge is -2.43. The molecule has 3 rings (SSSR count). The van der Waals surface area contributed by atoms with Crippen LogP contribution in [0.15, 0.2) is 83.3 Å². The van der Waals surface area contributed by atoms with Gasteiger partial charge in [0.05, 0.1) is 6.61 Å². The van der Waals surface area contributed by atoms with Crippen molar-refractivity contribution in [3.05, 3.63) is 93.9 Å². The van der Waals surface area contributed by atoms with E-state index in [2.05, 4.69) is 97.4 Å². The van der Waals surface area contributed by atoms with Gasteiger partial charge in [-0.25, -0.2) is 0 Å². The van der Waals surface area contributed by atoms with E-state index in [1.165, 1.54) is 10.4 Å². The minimum atomic E-state index is -2.54. The summed E-state index contributed by atoms with van der Waals surface area (Å²) in [6.45, 7) is 7.33. The van der Waals surface area contributed by atoms with Crippen LogP contribution in [0, 0.1) is 0 Å². The van der Waals surface area contributed by atoms with Crippen LogP contribution in [0.4, 0.5) is 0 Å². The zero-order chi connectivity index (χ0) is 19.5. The van der Waals surface area contributed by atoms with Crippen molar-refractivity contribution in [2.45, 2.75) is 32.4 Å². The minimum Gasteiger partial charge on any atom is -0.403 e. The molecule has 0 heterocycles. The molecule has 5 heteroatoms. The van der Waals surface area contributed by atoms with Crippen LogP contribution in [-0.2, 0) is 11.0 Å². The summed E-state index contributed by atoms with van der Waals surface area (Å²) in [6.07, 6.45) is 0. The largest absolute Gasteiger partial charge is 0.403 e. The standard InChI is InChI=1S/C23H24BrClOSi.Mg.2H/c1-23(2,3)27(20-10-6-4-7-11-20,21-12-8-5-9-13-21)26-17-18-14-15-19(24)16-22(18)25;;;/h4-16H,17H2,1-3H3;;;. The average Bonchev–Trinajstić information content (AvgIpc) is 2.64. The highest BCUT2D eigenvalue weighted by Crippen LogP contribution is 2.37. The molecule has 0 saturated carbocycles. The maximum absolute atomic E-state index is 6.91. The van der Waals surface area contributed by atoms with E-state index in [4.69, 9.17) is 16.0 Å². The van der Waals surface area contributed by atoms with Crippen LogP contribution in [0.1, 0.15) is 26.3 Å². The van der Waals surface area contributed by atoms with E-state index in [0.29, 0.717) is 6.61 Å². The Kier molecular flexibility index (Phi) is 8.38. The zero-order valence-electron chi connectivity index (χ0n) is 15.9. The Hall–Kier alpha value is -0.627. The second-order valence-corrected chi connectivity index (χ2v) is 13.3. The quantitative estimate of drug-likeness (QED) is 0.448. The van der Waals surface area contributed by atoms with Crippen molar-refractivity contribution in [3.63, 3.8) is 0 Å². The van der Waals surface area contributed by atoms with Gasteiger partial charge in [-0.3, -0.25) is 0 Å². The highest BCUT2D eigenvalue weighted by molar-refractivity contribution is 9.10. The summed E-state index contributed by atoms with van der Waals surface area (Å²) in [5, 5.41) is 3.23. The van der Waals surface area contributed by atoms with Crippen molar-refractivity contribution >= 4 is 69.3 Å². The van der Waals surface area contributed by atoms with Gasteiger partial charge in [-0.15, -0.1) is 0 Å². The number of benzene rings is 3. The van der Waals surface area contributed by atoms with Crippen molar-refractivity contribution < 1.29 is 4.43 Å². The molecule has 0 amide bonds. The van der Waals surface area contributed by atoms with Gasteiger partial charge < -0.3 is 4.43 Å². The van der Waals surface area contributed by atoms with E-state index in [-0.39, 0.29) is 28.1 Å². The third-order valence-corrected chi connectivity index (χ3v) is 10.7.